The number of ether oxygens (including phenoxy) is 3. The molecule has 1 heterocycles. The van der Waals surface area contributed by atoms with E-state index >= 15 is 0 Å². The predicted molar refractivity (Wildman–Crippen MR) is 117 cm³/mol. The van der Waals surface area contributed by atoms with Gasteiger partial charge in [-0.25, -0.2) is 4.79 Å². The second kappa shape index (κ2) is 12.4. The van der Waals surface area contributed by atoms with Gasteiger partial charge in [-0.2, -0.15) is 0 Å². The molecule has 2 aromatic rings. The Labute approximate surface area is 182 Å². The Morgan fingerprint density at radius 1 is 1.13 bits per heavy atom. The van der Waals surface area contributed by atoms with Crippen molar-refractivity contribution in [2.24, 2.45) is 0 Å². The van der Waals surface area contributed by atoms with Gasteiger partial charge in [0.25, 0.3) is 0 Å². The first-order chi connectivity index (χ1) is 14.9. The molecule has 0 saturated carbocycles. The van der Waals surface area contributed by atoms with Crippen molar-refractivity contribution in [1.82, 2.24) is 4.90 Å². The van der Waals surface area contributed by atoms with E-state index in [2.05, 4.69) is 4.90 Å². The summed E-state index contributed by atoms with van der Waals surface area (Å²) in [6.45, 7) is 6.73. The molecule has 8 heteroatoms. The maximum Gasteiger partial charge on any atom is 0.336 e. The molecule has 2 rings (SSSR count). The third-order valence-electron chi connectivity index (χ3n) is 5.06. The normalized spacial score (nSPS) is 11.4. The number of carbonyl (C=O) groups is 1. The number of rotatable bonds is 13. The molecule has 172 valence electrons. The van der Waals surface area contributed by atoms with Crippen LogP contribution in [0.25, 0.3) is 11.0 Å². The highest BCUT2D eigenvalue weighted by Gasteiger charge is 2.20. The average Bonchev–Trinajstić information content (AvgIpc) is 2.74. The zero-order valence-electron chi connectivity index (χ0n) is 18.9. The third kappa shape index (κ3) is 7.05. The van der Waals surface area contributed by atoms with Gasteiger partial charge in [-0.3, -0.25) is 9.69 Å². The van der Waals surface area contributed by atoms with Crippen LogP contribution >= 0.6 is 0 Å². The molecule has 0 aliphatic rings. The van der Waals surface area contributed by atoms with Gasteiger partial charge in [-0.05, 0) is 37.0 Å². The monoisotopic (exact) mass is 435 g/mol. The second-order valence-corrected chi connectivity index (χ2v) is 7.47. The SMILES string of the molecule is CCCOC(=O)CCc1cc2c(C)cc(=O)oc2c(CN(CCOC)CCOC)c1O. The fourth-order valence-electron chi connectivity index (χ4n) is 3.36. The van der Waals surface area contributed by atoms with E-state index in [0.717, 1.165) is 17.4 Å². The van der Waals surface area contributed by atoms with Crippen LogP contribution in [-0.4, -0.2) is 63.1 Å². The van der Waals surface area contributed by atoms with Gasteiger partial charge in [0.1, 0.15) is 11.3 Å². The summed E-state index contributed by atoms with van der Waals surface area (Å²) in [5, 5.41) is 11.8. The van der Waals surface area contributed by atoms with Crippen LogP contribution in [0.2, 0.25) is 0 Å². The van der Waals surface area contributed by atoms with E-state index in [1.165, 1.54) is 6.07 Å². The van der Waals surface area contributed by atoms with E-state index in [1.54, 1.807) is 20.3 Å². The highest BCUT2D eigenvalue weighted by atomic mass is 16.5. The molecule has 0 atom stereocenters. The van der Waals surface area contributed by atoms with Crippen molar-refractivity contribution in [3.05, 3.63) is 39.2 Å². The van der Waals surface area contributed by atoms with Gasteiger partial charge in [0.05, 0.1) is 25.4 Å². The van der Waals surface area contributed by atoms with Gasteiger partial charge in [0.2, 0.25) is 0 Å². The smallest absolute Gasteiger partial charge is 0.336 e. The van der Waals surface area contributed by atoms with Crippen LogP contribution in [0.15, 0.2) is 21.3 Å². The molecule has 0 unspecified atom stereocenters. The standard InChI is InChI=1S/C23H33NO7/c1-5-10-30-20(25)7-6-17-14-18-16(2)13-21(26)31-23(18)19(22(17)27)15-24(8-11-28-3)9-12-29-4/h13-14,27H,5-12,15H2,1-4H3. The van der Waals surface area contributed by atoms with E-state index in [-0.39, 0.29) is 18.1 Å². The minimum Gasteiger partial charge on any atom is -0.507 e. The van der Waals surface area contributed by atoms with Gasteiger partial charge in [-0.1, -0.05) is 6.92 Å². The lowest BCUT2D eigenvalue weighted by Crippen LogP contribution is -2.30. The summed E-state index contributed by atoms with van der Waals surface area (Å²) in [5.41, 5.74) is 1.78. The number of methoxy groups -OCH3 is 2. The molecule has 0 radical (unpaired) electrons. The highest BCUT2D eigenvalue weighted by Crippen LogP contribution is 2.34. The third-order valence-corrected chi connectivity index (χ3v) is 5.06. The average molecular weight is 436 g/mol. The molecule has 1 aromatic heterocycles. The number of esters is 1. The number of phenolic OH excluding ortho intramolecular Hbond substituents is 1. The summed E-state index contributed by atoms with van der Waals surface area (Å²) in [4.78, 5) is 26.1. The van der Waals surface area contributed by atoms with Crippen molar-refractivity contribution in [1.29, 1.82) is 0 Å². The molecule has 1 N–H and O–H groups in total. The van der Waals surface area contributed by atoms with Crippen molar-refractivity contribution < 1.29 is 28.5 Å². The molecule has 0 aliphatic heterocycles. The number of aromatic hydroxyl groups is 1. The van der Waals surface area contributed by atoms with Crippen LogP contribution in [0.5, 0.6) is 5.75 Å². The van der Waals surface area contributed by atoms with Gasteiger partial charge >= 0.3 is 11.6 Å². The Kier molecular flexibility index (Phi) is 9.97. The van der Waals surface area contributed by atoms with Crippen LogP contribution in [0.1, 0.15) is 36.5 Å². The summed E-state index contributed by atoms with van der Waals surface area (Å²) >= 11 is 0. The lowest BCUT2D eigenvalue weighted by molar-refractivity contribution is -0.143. The molecule has 0 saturated heterocycles. The predicted octanol–water partition coefficient (Wildman–Crippen LogP) is 2.79. The van der Waals surface area contributed by atoms with Crippen molar-refractivity contribution in [2.45, 2.75) is 39.7 Å². The van der Waals surface area contributed by atoms with Crippen molar-refractivity contribution >= 4 is 16.9 Å². The van der Waals surface area contributed by atoms with Crippen molar-refractivity contribution in [2.75, 3.05) is 47.1 Å². The van der Waals surface area contributed by atoms with Crippen molar-refractivity contribution in [3.63, 3.8) is 0 Å². The van der Waals surface area contributed by atoms with E-state index < -0.39 is 5.63 Å². The first-order valence-corrected chi connectivity index (χ1v) is 10.5. The minimum absolute atomic E-state index is 0.0318. The molecule has 31 heavy (non-hydrogen) atoms. The molecule has 1 aromatic carbocycles. The number of aryl methyl sites for hydroxylation is 2. The van der Waals surface area contributed by atoms with Gasteiger partial charge < -0.3 is 23.7 Å². The Morgan fingerprint density at radius 3 is 2.42 bits per heavy atom. The highest BCUT2D eigenvalue weighted by molar-refractivity contribution is 5.86. The molecular weight excluding hydrogens is 402 g/mol. The Bertz CT molecular complexity index is 914. The summed E-state index contributed by atoms with van der Waals surface area (Å²) < 4.78 is 21.0. The number of hydrogen-bond acceptors (Lipinski definition) is 8. The molecule has 0 bridgehead atoms. The lowest BCUT2D eigenvalue weighted by atomic mass is 9.98. The summed E-state index contributed by atoms with van der Waals surface area (Å²) in [7, 11) is 3.25. The largest absolute Gasteiger partial charge is 0.507 e. The maximum absolute atomic E-state index is 12.0. The van der Waals surface area contributed by atoms with E-state index in [9.17, 15) is 14.7 Å². The summed E-state index contributed by atoms with van der Waals surface area (Å²) in [6.07, 6.45) is 1.24. The van der Waals surface area contributed by atoms with E-state index in [4.69, 9.17) is 18.6 Å². The first-order valence-electron chi connectivity index (χ1n) is 10.5. The van der Waals surface area contributed by atoms with Crippen molar-refractivity contribution in [3.8, 4) is 5.75 Å². The van der Waals surface area contributed by atoms with Crippen LogP contribution < -0.4 is 5.63 Å². The number of nitrogens with zero attached hydrogens (tertiary/aromatic N) is 1. The zero-order chi connectivity index (χ0) is 22.8. The molecule has 0 fully saturated rings. The topological polar surface area (TPSA) is 98.4 Å². The second-order valence-electron chi connectivity index (χ2n) is 7.47. The number of carbonyl (C=O) groups excluding carboxylic acids is 1. The van der Waals surface area contributed by atoms with Crippen LogP contribution in [0.4, 0.5) is 0 Å². The minimum atomic E-state index is -0.470. The molecule has 0 aliphatic carbocycles. The van der Waals surface area contributed by atoms with Gasteiger partial charge in [0.15, 0.2) is 0 Å². The first kappa shape index (κ1) is 24.8. The number of benzene rings is 1. The summed E-state index contributed by atoms with van der Waals surface area (Å²) in [5.74, 6) is -0.273. The fourth-order valence-corrected chi connectivity index (χ4v) is 3.36. The Hall–Kier alpha value is -2.42. The lowest BCUT2D eigenvalue weighted by Gasteiger charge is -2.23. The van der Waals surface area contributed by atoms with E-state index in [1.807, 2.05) is 13.8 Å². The summed E-state index contributed by atoms with van der Waals surface area (Å²) in [6, 6.07) is 3.21. The van der Waals surface area contributed by atoms with Crippen LogP contribution in [0, 0.1) is 6.92 Å². The maximum atomic E-state index is 12.0. The molecule has 8 nitrogen and oxygen atoms in total. The number of phenols is 1. The zero-order valence-corrected chi connectivity index (χ0v) is 18.9. The Morgan fingerprint density at radius 2 is 1.81 bits per heavy atom. The van der Waals surface area contributed by atoms with Crippen LogP contribution in [0.3, 0.4) is 0 Å². The molecule has 0 spiro atoms. The van der Waals surface area contributed by atoms with E-state index in [0.29, 0.717) is 62.6 Å². The molecule has 0 amide bonds. The van der Waals surface area contributed by atoms with Gasteiger partial charge in [-0.15, -0.1) is 0 Å². The Balaban J connectivity index is 2.44. The van der Waals surface area contributed by atoms with Gasteiger partial charge in [0, 0.05) is 51.7 Å². The quantitative estimate of drug-likeness (QED) is 0.379. The molecular formula is C23H33NO7. The fraction of sp³-hybridized carbons (Fsp3) is 0.565. The van der Waals surface area contributed by atoms with Crippen LogP contribution in [-0.2, 0) is 32.0 Å². The number of fused-ring (bicyclic) bond motifs is 1. The number of hydrogen-bond donors (Lipinski definition) is 1.